The van der Waals surface area contributed by atoms with E-state index < -0.39 is 17.9 Å². The number of aldehydes is 1. The Hall–Kier alpha value is -1.80. The van der Waals surface area contributed by atoms with E-state index in [1.54, 1.807) is 0 Å². The maximum absolute atomic E-state index is 10.3. The lowest BCUT2D eigenvalue weighted by atomic mass is 9.80. The first-order chi connectivity index (χ1) is 6.54. The second-order valence-electron chi connectivity index (χ2n) is 2.43. The van der Waals surface area contributed by atoms with Crippen LogP contribution < -0.4 is 5.46 Å². The summed E-state index contributed by atoms with van der Waals surface area (Å²) >= 11 is 0. The first kappa shape index (κ1) is 10.3. The highest BCUT2D eigenvalue weighted by Crippen LogP contribution is 2.04. The van der Waals surface area contributed by atoms with Gasteiger partial charge in [-0.1, -0.05) is 0 Å². The molecule has 1 rings (SSSR count). The molecule has 0 unspecified atom stereocenters. The van der Waals surface area contributed by atoms with Gasteiger partial charge in [0.05, 0.1) is 0 Å². The predicted molar refractivity (Wildman–Crippen MR) is 46.1 cm³/mol. The van der Waals surface area contributed by atoms with Gasteiger partial charge in [0.1, 0.15) is 0 Å². The lowest BCUT2D eigenvalue weighted by Gasteiger charge is -1.98. The summed E-state index contributed by atoms with van der Waals surface area (Å²) in [7, 11) is -1.87. The fourth-order valence-corrected chi connectivity index (χ4v) is 0.861. The number of carbonyl (C=O) groups excluding carboxylic acids is 1. The normalized spacial score (nSPS) is 9.57. The number of pyridine rings is 1. The summed E-state index contributed by atoms with van der Waals surface area (Å²) < 4.78 is 0. The number of nitrogens with zero attached hydrogens (tertiary/aromatic N) is 2. The Balaban J connectivity index is 3.27. The van der Waals surface area contributed by atoms with Crippen molar-refractivity contribution in [2.45, 2.75) is 0 Å². The topological polar surface area (TPSA) is 114 Å². The Morgan fingerprint density at radius 1 is 1.50 bits per heavy atom. The van der Waals surface area contributed by atoms with E-state index in [2.05, 4.69) is 4.98 Å². The van der Waals surface area contributed by atoms with E-state index in [1.807, 2.05) is 0 Å². The van der Waals surface area contributed by atoms with Gasteiger partial charge in [0.15, 0.2) is 6.29 Å². The minimum Gasteiger partial charge on any atom is -0.423 e. The van der Waals surface area contributed by atoms with Gasteiger partial charge in [0.25, 0.3) is 0 Å². The molecular formula is C6H5BN2O5. The smallest absolute Gasteiger partial charge is 0.423 e. The van der Waals surface area contributed by atoms with Crippen LogP contribution in [0.2, 0.25) is 0 Å². The summed E-state index contributed by atoms with van der Waals surface area (Å²) in [5.41, 5.74) is -0.365. The molecule has 72 valence electrons. The monoisotopic (exact) mass is 196 g/mol. The zero-order valence-electron chi connectivity index (χ0n) is 6.82. The van der Waals surface area contributed by atoms with Gasteiger partial charge in [-0.15, -0.1) is 0 Å². The molecule has 0 atom stereocenters. The number of aromatic nitrogens is 1. The Bertz CT molecular complexity index is 380. The molecule has 0 bridgehead atoms. The molecule has 0 saturated carbocycles. The summed E-state index contributed by atoms with van der Waals surface area (Å²) in [5.74, 6) is -0.599. The van der Waals surface area contributed by atoms with E-state index in [9.17, 15) is 14.9 Å². The van der Waals surface area contributed by atoms with Crippen LogP contribution in [0.3, 0.4) is 0 Å². The van der Waals surface area contributed by atoms with Crippen molar-refractivity contribution in [1.82, 2.24) is 4.98 Å². The molecule has 0 fully saturated rings. The van der Waals surface area contributed by atoms with Crippen LogP contribution in [0.5, 0.6) is 0 Å². The van der Waals surface area contributed by atoms with E-state index >= 15 is 0 Å². The highest BCUT2D eigenvalue weighted by molar-refractivity contribution is 6.58. The SMILES string of the molecule is O=Cc1cc(B(O)O)cc([N+](=O)[O-])n1. The maximum Gasteiger partial charge on any atom is 0.488 e. The largest absolute Gasteiger partial charge is 0.488 e. The highest BCUT2D eigenvalue weighted by Gasteiger charge is 2.19. The first-order valence-electron chi connectivity index (χ1n) is 3.52. The highest BCUT2D eigenvalue weighted by atomic mass is 16.6. The number of hydrogen-bond donors (Lipinski definition) is 2. The Kier molecular flexibility index (Phi) is 2.90. The van der Waals surface area contributed by atoms with Crippen LogP contribution >= 0.6 is 0 Å². The number of rotatable bonds is 3. The van der Waals surface area contributed by atoms with Crippen molar-refractivity contribution in [3.63, 3.8) is 0 Å². The Labute approximate surface area is 78.3 Å². The molecule has 8 heteroatoms. The van der Waals surface area contributed by atoms with Gasteiger partial charge < -0.3 is 20.2 Å². The van der Waals surface area contributed by atoms with Crippen LogP contribution in [0.15, 0.2) is 12.1 Å². The number of carbonyl (C=O) groups is 1. The molecule has 2 N–H and O–H groups in total. The molecule has 14 heavy (non-hydrogen) atoms. The molecule has 0 spiro atoms. The first-order valence-corrected chi connectivity index (χ1v) is 3.52. The molecule has 1 aromatic rings. The molecule has 0 aromatic carbocycles. The summed E-state index contributed by atoms with van der Waals surface area (Å²) in [6, 6.07) is 1.95. The predicted octanol–water partition coefficient (Wildman–Crippen LogP) is -1.52. The van der Waals surface area contributed by atoms with Crippen LogP contribution in [0.25, 0.3) is 0 Å². The summed E-state index contributed by atoms with van der Waals surface area (Å²) in [6.45, 7) is 0. The third-order valence-electron chi connectivity index (χ3n) is 1.46. The minimum absolute atomic E-state index is 0.145. The van der Waals surface area contributed by atoms with Crippen LogP contribution in [0, 0.1) is 10.1 Å². The molecule has 0 radical (unpaired) electrons. The van der Waals surface area contributed by atoms with Crippen LogP contribution in [-0.2, 0) is 0 Å². The van der Waals surface area contributed by atoms with Gasteiger partial charge in [-0.2, -0.15) is 0 Å². The number of hydrogen-bond acceptors (Lipinski definition) is 6. The molecule has 7 nitrogen and oxygen atoms in total. The van der Waals surface area contributed by atoms with E-state index in [0.29, 0.717) is 6.29 Å². The van der Waals surface area contributed by atoms with Gasteiger partial charge >= 0.3 is 12.9 Å². The average molecular weight is 196 g/mol. The minimum atomic E-state index is -1.87. The van der Waals surface area contributed by atoms with Gasteiger partial charge in [-0.3, -0.25) is 4.79 Å². The zero-order chi connectivity index (χ0) is 10.7. The maximum atomic E-state index is 10.3. The lowest BCUT2D eigenvalue weighted by Crippen LogP contribution is -2.30. The van der Waals surface area contributed by atoms with Gasteiger partial charge in [0.2, 0.25) is 5.69 Å². The molecule has 0 aliphatic carbocycles. The van der Waals surface area contributed by atoms with Crippen LogP contribution in [0.1, 0.15) is 10.5 Å². The van der Waals surface area contributed by atoms with E-state index in [-0.39, 0.29) is 11.2 Å². The van der Waals surface area contributed by atoms with Crippen molar-refractivity contribution in [3.8, 4) is 0 Å². The quantitative estimate of drug-likeness (QED) is 0.262. The standard InChI is InChI=1S/C6H5BN2O5/c10-3-5-1-4(7(11)12)2-6(8-5)9(13)14/h1-3,11-12H. The van der Waals surface area contributed by atoms with Crippen molar-refractivity contribution in [3.05, 3.63) is 27.9 Å². The van der Waals surface area contributed by atoms with Gasteiger partial charge in [-0.05, 0) is 21.4 Å². The van der Waals surface area contributed by atoms with Gasteiger partial charge in [-0.25, -0.2) is 0 Å². The summed E-state index contributed by atoms with van der Waals surface area (Å²) in [6.07, 6.45) is 0.291. The van der Waals surface area contributed by atoms with Crippen molar-refractivity contribution in [2.75, 3.05) is 0 Å². The lowest BCUT2D eigenvalue weighted by molar-refractivity contribution is -0.389. The van der Waals surface area contributed by atoms with Crippen molar-refractivity contribution >= 4 is 24.7 Å². The van der Waals surface area contributed by atoms with E-state index in [4.69, 9.17) is 10.0 Å². The third-order valence-corrected chi connectivity index (χ3v) is 1.46. The van der Waals surface area contributed by atoms with E-state index in [0.717, 1.165) is 12.1 Å². The second kappa shape index (κ2) is 3.94. The molecule has 0 aliphatic heterocycles. The second-order valence-corrected chi connectivity index (χ2v) is 2.43. The molecule has 0 amide bonds. The Morgan fingerprint density at radius 2 is 2.14 bits per heavy atom. The van der Waals surface area contributed by atoms with Crippen LogP contribution in [-0.4, -0.2) is 33.4 Å². The number of nitro groups is 1. The fourth-order valence-electron chi connectivity index (χ4n) is 0.861. The molecular weight excluding hydrogens is 191 g/mol. The fraction of sp³-hybridized carbons (Fsp3) is 0. The van der Waals surface area contributed by atoms with Crippen LogP contribution in [0.4, 0.5) is 5.82 Å². The molecule has 0 aliphatic rings. The van der Waals surface area contributed by atoms with E-state index in [1.165, 1.54) is 0 Å². The van der Waals surface area contributed by atoms with Gasteiger partial charge in [0, 0.05) is 6.07 Å². The van der Waals surface area contributed by atoms with Crippen molar-refractivity contribution < 1.29 is 19.8 Å². The zero-order valence-corrected chi connectivity index (χ0v) is 6.82. The summed E-state index contributed by atoms with van der Waals surface area (Å²) in [4.78, 5) is 23.1. The third kappa shape index (κ3) is 2.12. The van der Waals surface area contributed by atoms with Crippen molar-refractivity contribution in [2.24, 2.45) is 0 Å². The molecule has 1 aromatic heterocycles. The Morgan fingerprint density at radius 3 is 2.57 bits per heavy atom. The average Bonchev–Trinajstić information content (AvgIpc) is 2.16. The molecule has 1 heterocycles. The summed E-state index contributed by atoms with van der Waals surface area (Å²) in [5, 5.41) is 27.8. The molecule has 0 saturated heterocycles. The van der Waals surface area contributed by atoms with Crippen molar-refractivity contribution in [1.29, 1.82) is 0 Å².